The summed E-state index contributed by atoms with van der Waals surface area (Å²) in [6.07, 6.45) is 4.13. The second-order valence-corrected chi connectivity index (χ2v) is 6.59. The van der Waals surface area contributed by atoms with Crippen molar-refractivity contribution in [3.63, 3.8) is 0 Å². The highest BCUT2D eigenvalue weighted by molar-refractivity contribution is 5.92. The zero-order chi connectivity index (χ0) is 18.8. The Balaban J connectivity index is 1.52. The number of carbonyl (C=O) groups excluding carboxylic acids is 1. The molecule has 2 aromatic rings. The summed E-state index contributed by atoms with van der Waals surface area (Å²) in [4.78, 5) is 25.1. The summed E-state index contributed by atoms with van der Waals surface area (Å²) in [6, 6.07) is 7.58. The number of non-ortho nitro benzene ring substituents is 1. The first-order valence-corrected chi connectivity index (χ1v) is 8.98. The topological polar surface area (TPSA) is 99.7 Å². The van der Waals surface area contributed by atoms with Gasteiger partial charge in [-0.2, -0.15) is 5.10 Å². The van der Waals surface area contributed by atoms with E-state index in [-0.39, 0.29) is 23.9 Å². The maximum absolute atomic E-state index is 13.0. The molecule has 27 heavy (non-hydrogen) atoms. The Kier molecular flexibility index (Phi) is 4.87. The number of aromatic nitrogens is 2. The molecule has 0 spiro atoms. The van der Waals surface area contributed by atoms with Gasteiger partial charge in [0.25, 0.3) is 11.6 Å². The minimum atomic E-state index is -0.453. The maximum Gasteiger partial charge on any atom is 0.274 e. The van der Waals surface area contributed by atoms with Crippen LogP contribution in [0.2, 0.25) is 0 Å². The van der Waals surface area contributed by atoms with Gasteiger partial charge >= 0.3 is 0 Å². The van der Waals surface area contributed by atoms with Crippen LogP contribution in [-0.4, -0.2) is 57.6 Å². The number of nitrogens with zero attached hydrogens (tertiary/aromatic N) is 4. The van der Waals surface area contributed by atoms with Crippen molar-refractivity contribution in [1.82, 2.24) is 14.7 Å². The molecule has 0 aliphatic carbocycles. The van der Waals surface area contributed by atoms with Crippen LogP contribution in [0.15, 0.2) is 36.5 Å². The molecule has 2 aliphatic rings. The van der Waals surface area contributed by atoms with Gasteiger partial charge in [-0.25, -0.2) is 4.68 Å². The average molecular weight is 372 g/mol. The van der Waals surface area contributed by atoms with Gasteiger partial charge in [0.15, 0.2) is 12.0 Å². The van der Waals surface area contributed by atoms with Crippen molar-refractivity contribution in [2.75, 3.05) is 19.8 Å². The minimum absolute atomic E-state index is 0.00919. The van der Waals surface area contributed by atoms with E-state index >= 15 is 0 Å². The van der Waals surface area contributed by atoms with E-state index in [1.54, 1.807) is 34.0 Å². The molecule has 1 aromatic heterocycles. The largest absolute Gasteiger partial charge is 0.348 e. The fraction of sp³-hybridized carbons (Fsp3) is 0.444. The van der Waals surface area contributed by atoms with Gasteiger partial charge in [-0.05, 0) is 37.5 Å². The van der Waals surface area contributed by atoms with Gasteiger partial charge < -0.3 is 14.4 Å². The Morgan fingerprint density at radius 2 is 1.89 bits per heavy atom. The van der Waals surface area contributed by atoms with Gasteiger partial charge in [-0.1, -0.05) is 0 Å². The highest BCUT2D eigenvalue weighted by atomic mass is 16.7. The molecule has 0 radical (unpaired) electrons. The number of benzene rings is 1. The van der Waals surface area contributed by atoms with Crippen molar-refractivity contribution in [2.45, 2.75) is 31.6 Å². The highest BCUT2D eigenvalue weighted by Gasteiger charge is 2.37. The van der Waals surface area contributed by atoms with Crippen LogP contribution in [-0.2, 0) is 9.47 Å². The van der Waals surface area contributed by atoms with Crippen LogP contribution in [0, 0.1) is 10.1 Å². The summed E-state index contributed by atoms with van der Waals surface area (Å²) in [7, 11) is 0. The molecule has 4 rings (SSSR count). The van der Waals surface area contributed by atoms with E-state index < -0.39 is 4.92 Å². The number of amides is 1. The third-order valence-corrected chi connectivity index (χ3v) is 4.91. The van der Waals surface area contributed by atoms with E-state index in [0.717, 1.165) is 19.3 Å². The standard InChI is InChI=1S/C18H20N4O5/c23-17(20-9-2-1-3-16(20)18-26-11-12-27-18)15-8-10-21(19-15)13-4-6-14(7-5-13)22(24)25/h4-8,10,16,18H,1-3,9,11-12H2. The fourth-order valence-corrected chi connectivity index (χ4v) is 3.55. The lowest BCUT2D eigenvalue weighted by atomic mass is 10.0. The molecule has 1 atom stereocenters. The van der Waals surface area contributed by atoms with Gasteiger partial charge in [-0.3, -0.25) is 14.9 Å². The lowest BCUT2D eigenvalue weighted by Gasteiger charge is -2.37. The summed E-state index contributed by atoms with van der Waals surface area (Å²) >= 11 is 0. The lowest BCUT2D eigenvalue weighted by Crippen LogP contribution is -2.50. The maximum atomic E-state index is 13.0. The van der Waals surface area contributed by atoms with Gasteiger partial charge in [0.1, 0.15) is 0 Å². The van der Waals surface area contributed by atoms with E-state index in [2.05, 4.69) is 5.10 Å². The molecule has 9 heteroatoms. The summed E-state index contributed by atoms with van der Waals surface area (Å²) in [5.41, 5.74) is 0.991. The van der Waals surface area contributed by atoms with Gasteiger partial charge in [0, 0.05) is 24.9 Å². The molecule has 0 saturated carbocycles. The molecule has 0 bridgehead atoms. The van der Waals surface area contributed by atoms with Crippen LogP contribution in [0.1, 0.15) is 29.8 Å². The number of ether oxygens (including phenoxy) is 2. The number of nitro benzene ring substituents is 1. The van der Waals surface area contributed by atoms with Crippen LogP contribution in [0.5, 0.6) is 0 Å². The van der Waals surface area contributed by atoms with Crippen LogP contribution in [0.3, 0.4) is 0 Å². The Morgan fingerprint density at radius 1 is 1.15 bits per heavy atom. The van der Waals surface area contributed by atoms with Crippen LogP contribution >= 0.6 is 0 Å². The summed E-state index contributed by atoms with van der Waals surface area (Å²) in [5, 5.41) is 15.1. The zero-order valence-electron chi connectivity index (χ0n) is 14.7. The van der Waals surface area contributed by atoms with Crippen molar-refractivity contribution in [2.24, 2.45) is 0 Å². The molecule has 2 aliphatic heterocycles. The van der Waals surface area contributed by atoms with Crippen molar-refractivity contribution in [3.05, 3.63) is 52.3 Å². The van der Waals surface area contributed by atoms with Crippen molar-refractivity contribution >= 4 is 11.6 Å². The van der Waals surface area contributed by atoms with Gasteiger partial charge in [-0.15, -0.1) is 0 Å². The molecule has 9 nitrogen and oxygen atoms in total. The molecule has 0 N–H and O–H groups in total. The predicted molar refractivity (Wildman–Crippen MR) is 94.6 cm³/mol. The second kappa shape index (κ2) is 7.45. The molecule has 3 heterocycles. The first kappa shape index (κ1) is 17.6. The predicted octanol–water partition coefficient (Wildman–Crippen LogP) is 2.15. The monoisotopic (exact) mass is 372 g/mol. The SMILES string of the molecule is O=C(c1ccn(-c2ccc([N+](=O)[O-])cc2)n1)N1CCCCC1C1OCCO1. The zero-order valence-corrected chi connectivity index (χ0v) is 14.7. The molecular formula is C18H20N4O5. The highest BCUT2D eigenvalue weighted by Crippen LogP contribution is 2.26. The van der Waals surface area contributed by atoms with Gasteiger partial charge in [0.05, 0.1) is 29.9 Å². The quantitative estimate of drug-likeness (QED) is 0.602. The molecule has 1 unspecified atom stereocenters. The summed E-state index contributed by atoms with van der Waals surface area (Å²) < 4.78 is 12.8. The molecule has 2 fully saturated rings. The Hall–Kier alpha value is -2.78. The number of hydrogen-bond acceptors (Lipinski definition) is 6. The molecule has 142 valence electrons. The number of nitro groups is 1. The summed E-state index contributed by atoms with van der Waals surface area (Å²) in [6.45, 7) is 1.76. The Labute approximate surface area is 155 Å². The third-order valence-electron chi connectivity index (χ3n) is 4.91. The normalized spacial score (nSPS) is 20.7. The Bertz CT molecular complexity index is 829. The smallest absolute Gasteiger partial charge is 0.274 e. The Morgan fingerprint density at radius 3 is 2.59 bits per heavy atom. The van der Waals surface area contributed by atoms with E-state index in [1.165, 1.54) is 12.1 Å². The van der Waals surface area contributed by atoms with E-state index in [9.17, 15) is 14.9 Å². The fourth-order valence-electron chi connectivity index (χ4n) is 3.55. The molecule has 1 amide bonds. The van der Waals surface area contributed by atoms with E-state index in [4.69, 9.17) is 9.47 Å². The number of rotatable bonds is 4. The molecule has 2 saturated heterocycles. The van der Waals surface area contributed by atoms with Crippen LogP contribution in [0.4, 0.5) is 5.69 Å². The van der Waals surface area contributed by atoms with E-state index in [1.807, 2.05) is 0 Å². The van der Waals surface area contributed by atoms with Crippen LogP contribution < -0.4 is 0 Å². The first-order valence-electron chi connectivity index (χ1n) is 8.98. The molecule has 1 aromatic carbocycles. The summed E-state index contributed by atoms with van der Waals surface area (Å²) in [5.74, 6) is -0.153. The van der Waals surface area contributed by atoms with E-state index in [0.29, 0.717) is 31.1 Å². The number of hydrogen-bond donors (Lipinski definition) is 0. The first-order chi connectivity index (χ1) is 13.1. The number of likely N-dealkylation sites (tertiary alicyclic amines) is 1. The molecular weight excluding hydrogens is 352 g/mol. The van der Waals surface area contributed by atoms with Crippen molar-refractivity contribution in [1.29, 1.82) is 0 Å². The average Bonchev–Trinajstić information content (AvgIpc) is 3.40. The third kappa shape index (κ3) is 3.56. The lowest BCUT2D eigenvalue weighted by molar-refractivity contribution is -0.384. The minimum Gasteiger partial charge on any atom is -0.348 e. The number of carbonyl (C=O) groups is 1. The second-order valence-electron chi connectivity index (χ2n) is 6.59. The number of piperidine rings is 1. The van der Waals surface area contributed by atoms with Crippen LogP contribution in [0.25, 0.3) is 5.69 Å². The van der Waals surface area contributed by atoms with Crippen molar-refractivity contribution in [3.8, 4) is 5.69 Å². The van der Waals surface area contributed by atoms with Gasteiger partial charge in [0.2, 0.25) is 0 Å². The van der Waals surface area contributed by atoms with Crippen molar-refractivity contribution < 1.29 is 19.2 Å².